The molecule has 0 aliphatic carbocycles. The lowest BCUT2D eigenvalue weighted by Crippen LogP contribution is -2.02. The summed E-state index contributed by atoms with van der Waals surface area (Å²) in [5, 5.41) is 24.5. The standard InChI is InChI=1S/C40H26N4/c1-25-10-9-11-26(2)39(25)44-38-17-8-5-14-33(38)35-22-30(21-34(40(35)44)29-19-27(23-41)18-28(20-29)24-42)43-36-15-6-3-12-31(36)32-13-4-7-16-37(32)43/h3-22H,1-2H3. The second-order valence-corrected chi connectivity index (χ2v) is 11.4. The SMILES string of the molecule is Cc1cccc(C)c1-n1c2ccccc2c2cc(-n3c4ccccc4c4ccccc43)cc(-c3cc(C#N)cc(C#N)c3)c21. The summed E-state index contributed by atoms with van der Waals surface area (Å²) in [5.74, 6) is 0. The summed E-state index contributed by atoms with van der Waals surface area (Å²) < 4.78 is 4.70. The molecule has 6 aromatic carbocycles. The second kappa shape index (κ2) is 9.73. The minimum absolute atomic E-state index is 0.462. The Morgan fingerprint density at radius 1 is 0.500 bits per heavy atom. The average molecular weight is 563 g/mol. The lowest BCUT2D eigenvalue weighted by molar-refractivity contribution is 1.12. The molecule has 0 amide bonds. The van der Waals surface area contributed by atoms with Gasteiger partial charge in [-0.2, -0.15) is 10.5 Å². The first kappa shape index (κ1) is 25.6. The molecule has 0 N–H and O–H groups in total. The molecule has 4 nitrogen and oxygen atoms in total. The van der Waals surface area contributed by atoms with Crippen molar-refractivity contribution in [2.75, 3.05) is 0 Å². The third kappa shape index (κ3) is 3.69. The van der Waals surface area contributed by atoms with Gasteiger partial charge in [0.25, 0.3) is 0 Å². The summed E-state index contributed by atoms with van der Waals surface area (Å²) in [4.78, 5) is 0. The van der Waals surface area contributed by atoms with Gasteiger partial charge < -0.3 is 9.13 Å². The molecule has 0 aliphatic rings. The van der Waals surface area contributed by atoms with E-state index in [1.807, 2.05) is 12.1 Å². The molecule has 44 heavy (non-hydrogen) atoms. The van der Waals surface area contributed by atoms with Gasteiger partial charge in [0.15, 0.2) is 0 Å². The lowest BCUT2D eigenvalue weighted by atomic mass is 9.97. The van der Waals surface area contributed by atoms with Crippen LogP contribution in [0.3, 0.4) is 0 Å². The topological polar surface area (TPSA) is 57.4 Å². The van der Waals surface area contributed by atoms with Gasteiger partial charge in [0.2, 0.25) is 0 Å². The molecule has 0 spiro atoms. The van der Waals surface area contributed by atoms with Gasteiger partial charge in [-0.05, 0) is 79.1 Å². The highest BCUT2D eigenvalue weighted by Gasteiger charge is 2.22. The zero-order valence-electron chi connectivity index (χ0n) is 24.3. The van der Waals surface area contributed by atoms with Crippen molar-refractivity contribution < 1.29 is 0 Å². The fourth-order valence-electron chi connectivity index (χ4n) is 6.93. The summed E-state index contributed by atoms with van der Waals surface area (Å²) in [6.07, 6.45) is 0. The predicted octanol–water partition coefficient (Wildman–Crippen LogP) is 9.91. The summed E-state index contributed by atoms with van der Waals surface area (Å²) in [5.41, 5.74) is 11.6. The first-order valence-corrected chi connectivity index (χ1v) is 14.7. The summed E-state index contributed by atoms with van der Waals surface area (Å²) >= 11 is 0. The minimum Gasteiger partial charge on any atom is -0.309 e. The first-order valence-electron chi connectivity index (χ1n) is 14.7. The second-order valence-electron chi connectivity index (χ2n) is 11.4. The van der Waals surface area contributed by atoms with Crippen LogP contribution in [0.5, 0.6) is 0 Å². The van der Waals surface area contributed by atoms with E-state index in [9.17, 15) is 10.5 Å². The van der Waals surface area contributed by atoms with Gasteiger partial charge in [-0.15, -0.1) is 0 Å². The first-order chi connectivity index (χ1) is 21.6. The number of aromatic nitrogens is 2. The van der Waals surface area contributed by atoms with Crippen LogP contribution in [0.15, 0.2) is 121 Å². The molecule has 0 radical (unpaired) electrons. The number of nitrogens with zero attached hydrogens (tertiary/aromatic N) is 4. The molecule has 0 aliphatic heterocycles. The zero-order chi connectivity index (χ0) is 29.9. The Balaban J connectivity index is 1.61. The van der Waals surface area contributed by atoms with Crippen LogP contribution in [0.1, 0.15) is 22.3 Å². The number of benzene rings is 6. The van der Waals surface area contributed by atoms with Crippen molar-refractivity contribution in [3.05, 3.63) is 144 Å². The van der Waals surface area contributed by atoms with Crippen LogP contribution >= 0.6 is 0 Å². The Bertz CT molecular complexity index is 2440. The average Bonchev–Trinajstić information content (AvgIpc) is 3.57. The number of rotatable bonds is 3. The van der Waals surface area contributed by atoms with E-state index in [1.54, 1.807) is 6.07 Å². The van der Waals surface area contributed by atoms with Crippen LogP contribution in [-0.2, 0) is 0 Å². The van der Waals surface area contributed by atoms with Gasteiger partial charge in [0, 0.05) is 32.8 Å². The van der Waals surface area contributed by atoms with E-state index in [0.29, 0.717) is 11.1 Å². The number of hydrogen-bond donors (Lipinski definition) is 0. The zero-order valence-corrected chi connectivity index (χ0v) is 24.3. The number of hydrogen-bond acceptors (Lipinski definition) is 2. The molecule has 2 aromatic heterocycles. The molecule has 0 saturated heterocycles. The maximum absolute atomic E-state index is 9.93. The highest BCUT2D eigenvalue weighted by atomic mass is 15.0. The van der Waals surface area contributed by atoms with Crippen LogP contribution in [0.25, 0.3) is 66.1 Å². The van der Waals surface area contributed by atoms with E-state index in [4.69, 9.17) is 0 Å². The van der Waals surface area contributed by atoms with Gasteiger partial charge in [-0.3, -0.25) is 0 Å². The van der Waals surface area contributed by atoms with E-state index in [-0.39, 0.29) is 0 Å². The summed E-state index contributed by atoms with van der Waals surface area (Å²) in [6, 6.07) is 46.5. The van der Waals surface area contributed by atoms with Crippen molar-refractivity contribution in [2.45, 2.75) is 13.8 Å². The predicted molar refractivity (Wildman–Crippen MR) is 179 cm³/mol. The minimum atomic E-state index is 0.462. The maximum Gasteiger partial charge on any atom is 0.0992 e. The molecule has 206 valence electrons. The van der Waals surface area contributed by atoms with Crippen molar-refractivity contribution in [2.24, 2.45) is 0 Å². The molecule has 4 heteroatoms. The molecule has 0 atom stereocenters. The van der Waals surface area contributed by atoms with Crippen molar-refractivity contribution in [1.82, 2.24) is 9.13 Å². The van der Waals surface area contributed by atoms with Crippen LogP contribution in [0.4, 0.5) is 0 Å². The third-order valence-electron chi connectivity index (χ3n) is 8.76. The van der Waals surface area contributed by atoms with Gasteiger partial charge >= 0.3 is 0 Å². The van der Waals surface area contributed by atoms with E-state index in [1.165, 1.54) is 21.9 Å². The number of para-hydroxylation sites is 4. The Kier molecular flexibility index (Phi) is 5.66. The van der Waals surface area contributed by atoms with E-state index < -0.39 is 0 Å². The third-order valence-corrected chi connectivity index (χ3v) is 8.76. The van der Waals surface area contributed by atoms with Gasteiger partial charge in [0.05, 0.1) is 51.0 Å². The van der Waals surface area contributed by atoms with Crippen molar-refractivity contribution in [1.29, 1.82) is 10.5 Å². The molecule has 2 heterocycles. The molecule has 8 rings (SSSR count). The summed E-state index contributed by atoms with van der Waals surface area (Å²) in [6.45, 7) is 4.30. The molecular weight excluding hydrogens is 536 g/mol. The Hall–Kier alpha value is -6.10. The molecular formula is C40H26N4. The molecule has 0 fully saturated rings. The number of nitriles is 2. The largest absolute Gasteiger partial charge is 0.309 e. The monoisotopic (exact) mass is 562 g/mol. The highest BCUT2D eigenvalue weighted by molar-refractivity contribution is 6.16. The molecule has 0 bridgehead atoms. The van der Waals surface area contributed by atoms with Crippen LogP contribution in [0, 0.1) is 36.5 Å². The lowest BCUT2D eigenvalue weighted by Gasteiger charge is -2.18. The van der Waals surface area contributed by atoms with Crippen LogP contribution in [-0.4, -0.2) is 9.13 Å². The Labute approximate surface area is 254 Å². The quantitative estimate of drug-likeness (QED) is 0.215. The Morgan fingerprint density at radius 2 is 1.00 bits per heavy atom. The molecule has 0 saturated carbocycles. The van der Waals surface area contributed by atoms with E-state index in [2.05, 4.69) is 138 Å². The van der Waals surface area contributed by atoms with Gasteiger partial charge in [-0.25, -0.2) is 0 Å². The van der Waals surface area contributed by atoms with Crippen molar-refractivity contribution >= 4 is 43.6 Å². The normalized spacial score (nSPS) is 11.4. The van der Waals surface area contributed by atoms with Crippen LogP contribution < -0.4 is 0 Å². The fraction of sp³-hybridized carbons (Fsp3) is 0.0500. The van der Waals surface area contributed by atoms with Gasteiger partial charge in [-0.1, -0.05) is 72.8 Å². The van der Waals surface area contributed by atoms with Crippen molar-refractivity contribution in [3.8, 4) is 34.6 Å². The molecule has 0 unspecified atom stereocenters. The molecule has 8 aromatic rings. The number of fused-ring (bicyclic) bond motifs is 6. The smallest absolute Gasteiger partial charge is 0.0992 e. The van der Waals surface area contributed by atoms with Gasteiger partial charge in [0.1, 0.15) is 0 Å². The maximum atomic E-state index is 9.93. The number of aryl methyl sites for hydroxylation is 2. The summed E-state index contributed by atoms with van der Waals surface area (Å²) in [7, 11) is 0. The van der Waals surface area contributed by atoms with Crippen LogP contribution in [0.2, 0.25) is 0 Å². The highest BCUT2D eigenvalue weighted by Crippen LogP contribution is 2.43. The Morgan fingerprint density at radius 3 is 1.55 bits per heavy atom. The van der Waals surface area contributed by atoms with E-state index in [0.717, 1.165) is 55.3 Å². The van der Waals surface area contributed by atoms with Crippen molar-refractivity contribution in [3.63, 3.8) is 0 Å². The van der Waals surface area contributed by atoms with E-state index >= 15 is 0 Å². The fourth-order valence-corrected chi connectivity index (χ4v) is 6.93.